The Kier molecular flexibility index (Phi) is 5.15. The summed E-state index contributed by atoms with van der Waals surface area (Å²) in [5.41, 5.74) is 0.328. The summed E-state index contributed by atoms with van der Waals surface area (Å²) in [7, 11) is 0. The number of benzene rings is 1. The first-order valence-electron chi connectivity index (χ1n) is 7.82. The summed E-state index contributed by atoms with van der Waals surface area (Å²) < 4.78 is 0. The van der Waals surface area contributed by atoms with E-state index in [1.807, 2.05) is 37.3 Å². The number of amides is 1. The highest BCUT2D eigenvalue weighted by atomic mass is 35.5. The van der Waals surface area contributed by atoms with E-state index in [0.29, 0.717) is 6.54 Å². The number of nitrogens with one attached hydrogen (secondary N) is 2. The topological polar surface area (TPSA) is 61.4 Å². The molecule has 1 aromatic rings. The van der Waals surface area contributed by atoms with Gasteiger partial charge in [-0.1, -0.05) is 30.3 Å². The lowest BCUT2D eigenvalue weighted by atomic mass is 9.92. The van der Waals surface area contributed by atoms with Gasteiger partial charge in [-0.3, -0.25) is 4.79 Å². The van der Waals surface area contributed by atoms with Crippen LogP contribution in [0, 0.1) is 5.41 Å². The molecule has 2 fully saturated rings. The molecule has 2 atom stereocenters. The van der Waals surface area contributed by atoms with Crippen LogP contribution >= 0.6 is 12.4 Å². The summed E-state index contributed by atoms with van der Waals surface area (Å²) in [6, 6.07) is 9.73. The molecule has 3 N–H and O–H groups in total. The first-order valence-corrected chi connectivity index (χ1v) is 7.82. The molecule has 0 radical (unpaired) electrons. The Hall–Kier alpha value is -1.10. The number of carbonyl (C=O) groups is 1. The molecule has 3 rings (SSSR count). The van der Waals surface area contributed by atoms with Crippen LogP contribution in [0.25, 0.3) is 0 Å². The van der Waals surface area contributed by atoms with Crippen LogP contribution < -0.4 is 10.6 Å². The molecule has 4 nitrogen and oxygen atoms in total. The smallest absolute Gasteiger partial charge is 0.240 e. The fourth-order valence-electron chi connectivity index (χ4n) is 3.24. The van der Waals surface area contributed by atoms with E-state index in [2.05, 4.69) is 10.6 Å². The van der Waals surface area contributed by atoms with Gasteiger partial charge in [0.05, 0.1) is 11.6 Å². The van der Waals surface area contributed by atoms with E-state index in [1.165, 1.54) is 0 Å². The second-order valence-electron chi connectivity index (χ2n) is 6.72. The van der Waals surface area contributed by atoms with Gasteiger partial charge < -0.3 is 15.7 Å². The van der Waals surface area contributed by atoms with Gasteiger partial charge in [0.25, 0.3) is 0 Å². The van der Waals surface area contributed by atoms with E-state index in [9.17, 15) is 9.90 Å². The van der Waals surface area contributed by atoms with Gasteiger partial charge in [-0.2, -0.15) is 0 Å². The van der Waals surface area contributed by atoms with E-state index in [-0.39, 0.29) is 23.7 Å². The molecule has 22 heavy (non-hydrogen) atoms. The molecule has 5 heteroatoms. The maximum Gasteiger partial charge on any atom is 0.240 e. The Bertz CT molecular complexity index is 511. The van der Waals surface area contributed by atoms with Crippen molar-refractivity contribution in [3.05, 3.63) is 35.9 Å². The maximum absolute atomic E-state index is 12.3. The monoisotopic (exact) mass is 324 g/mol. The number of rotatable bonds is 5. The minimum atomic E-state index is -0.497. The molecule has 1 amide bonds. The quantitative estimate of drug-likeness (QED) is 0.778. The zero-order chi connectivity index (χ0) is 14.9. The van der Waals surface area contributed by atoms with Gasteiger partial charge in [0.1, 0.15) is 0 Å². The van der Waals surface area contributed by atoms with Gasteiger partial charge >= 0.3 is 0 Å². The fourth-order valence-corrected chi connectivity index (χ4v) is 3.24. The molecule has 0 aromatic heterocycles. The Labute approximate surface area is 138 Å². The summed E-state index contributed by atoms with van der Waals surface area (Å²) in [6.07, 6.45) is 3.36. The van der Waals surface area contributed by atoms with Gasteiger partial charge in [-0.05, 0) is 44.7 Å². The SMILES string of the molecule is CC1(C(=O)NCC2(C(O)c3ccccc3)CC2)CCCN1.Cl. The van der Waals surface area contributed by atoms with Crippen LogP contribution in [0.5, 0.6) is 0 Å². The van der Waals surface area contributed by atoms with Crippen molar-refractivity contribution in [2.75, 3.05) is 13.1 Å². The maximum atomic E-state index is 12.3. The number of hydrogen-bond acceptors (Lipinski definition) is 3. The second-order valence-corrected chi connectivity index (χ2v) is 6.72. The van der Waals surface area contributed by atoms with Crippen molar-refractivity contribution < 1.29 is 9.90 Å². The molecular weight excluding hydrogens is 300 g/mol. The Morgan fingerprint density at radius 3 is 2.55 bits per heavy atom. The minimum Gasteiger partial charge on any atom is -0.388 e. The number of aliphatic hydroxyl groups is 1. The van der Waals surface area contributed by atoms with Crippen LogP contribution in [0.2, 0.25) is 0 Å². The molecule has 1 saturated carbocycles. The van der Waals surface area contributed by atoms with Crippen molar-refractivity contribution in [3.63, 3.8) is 0 Å². The predicted octanol–water partition coefficient (Wildman–Crippen LogP) is 2.18. The van der Waals surface area contributed by atoms with Crippen LogP contribution in [0.1, 0.15) is 44.3 Å². The van der Waals surface area contributed by atoms with Crippen molar-refractivity contribution in [2.24, 2.45) is 5.41 Å². The van der Waals surface area contributed by atoms with E-state index in [0.717, 1.165) is 37.8 Å². The first-order chi connectivity index (χ1) is 10.1. The van der Waals surface area contributed by atoms with E-state index in [4.69, 9.17) is 0 Å². The van der Waals surface area contributed by atoms with Crippen molar-refractivity contribution in [1.82, 2.24) is 10.6 Å². The van der Waals surface area contributed by atoms with Gasteiger partial charge in [0, 0.05) is 12.0 Å². The highest BCUT2D eigenvalue weighted by Crippen LogP contribution is 2.54. The highest BCUT2D eigenvalue weighted by molar-refractivity contribution is 5.86. The summed E-state index contributed by atoms with van der Waals surface area (Å²) in [6.45, 7) is 3.42. The van der Waals surface area contributed by atoms with Gasteiger partial charge in [-0.15, -0.1) is 12.4 Å². The summed E-state index contributed by atoms with van der Waals surface area (Å²) in [5.74, 6) is 0.0616. The van der Waals surface area contributed by atoms with Crippen LogP contribution in [0.4, 0.5) is 0 Å². The molecule has 1 heterocycles. The third kappa shape index (κ3) is 3.29. The molecule has 1 aromatic carbocycles. The van der Waals surface area contributed by atoms with Gasteiger partial charge in [-0.25, -0.2) is 0 Å². The normalized spacial score (nSPS) is 26.8. The lowest BCUT2D eigenvalue weighted by Crippen LogP contribution is -2.52. The van der Waals surface area contributed by atoms with Crippen molar-refractivity contribution in [2.45, 2.75) is 44.2 Å². The number of carbonyl (C=O) groups excluding carboxylic acids is 1. The number of halogens is 1. The average Bonchev–Trinajstić information content (AvgIpc) is 3.18. The van der Waals surface area contributed by atoms with E-state index in [1.54, 1.807) is 0 Å². The van der Waals surface area contributed by atoms with E-state index >= 15 is 0 Å². The fraction of sp³-hybridized carbons (Fsp3) is 0.588. The second kappa shape index (κ2) is 6.57. The summed E-state index contributed by atoms with van der Waals surface area (Å²) >= 11 is 0. The molecule has 122 valence electrons. The molecular formula is C17H25ClN2O2. The standard InChI is InChI=1S/C17H24N2O2.ClH/c1-16(8-5-11-19-16)15(21)18-12-17(9-10-17)14(20)13-6-3-2-4-7-13;/h2-4,6-7,14,19-20H,5,8-12H2,1H3,(H,18,21);1H. The zero-order valence-electron chi connectivity index (χ0n) is 13.0. The largest absolute Gasteiger partial charge is 0.388 e. The highest BCUT2D eigenvalue weighted by Gasteiger charge is 2.50. The Morgan fingerprint density at radius 1 is 1.32 bits per heavy atom. The zero-order valence-corrected chi connectivity index (χ0v) is 13.8. The van der Waals surface area contributed by atoms with Gasteiger partial charge in [0.15, 0.2) is 0 Å². The first kappa shape index (κ1) is 17.3. The third-order valence-corrected chi connectivity index (χ3v) is 5.06. The van der Waals surface area contributed by atoms with Crippen molar-refractivity contribution >= 4 is 18.3 Å². The molecule has 1 saturated heterocycles. The average molecular weight is 325 g/mol. The Balaban J connectivity index is 0.00000176. The van der Waals surface area contributed by atoms with Crippen LogP contribution in [-0.4, -0.2) is 29.6 Å². The van der Waals surface area contributed by atoms with Crippen LogP contribution in [0.3, 0.4) is 0 Å². The molecule has 1 aliphatic heterocycles. The molecule has 2 aliphatic rings. The van der Waals surface area contributed by atoms with Crippen LogP contribution in [-0.2, 0) is 4.79 Å². The lowest BCUT2D eigenvalue weighted by molar-refractivity contribution is -0.127. The summed E-state index contributed by atoms with van der Waals surface area (Å²) in [4.78, 5) is 12.3. The van der Waals surface area contributed by atoms with E-state index < -0.39 is 11.6 Å². The molecule has 0 spiro atoms. The molecule has 1 aliphatic carbocycles. The van der Waals surface area contributed by atoms with Crippen LogP contribution in [0.15, 0.2) is 30.3 Å². The lowest BCUT2D eigenvalue weighted by Gasteiger charge is -2.27. The Morgan fingerprint density at radius 2 is 2.00 bits per heavy atom. The number of hydrogen-bond donors (Lipinski definition) is 3. The third-order valence-electron chi connectivity index (χ3n) is 5.06. The minimum absolute atomic E-state index is 0. The van der Waals surface area contributed by atoms with Crippen molar-refractivity contribution in [3.8, 4) is 0 Å². The van der Waals surface area contributed by atoms with Gasteiger partial charge in [0.2, 0.25) is 5.91 Å². The van der Waals surface area contributed by atoms with Crippen molar-refractivity contribution in [1.29, 1.82) is 0 Å². The molecule has 0 bridgehead atoms. The predicted molar refractivity (Wildman–Crippen MR) is 89.0 cm³/mol. The number of aliphatic hydroxyl groups excluding tert-OH is 1. The summed E-state index contributed by atoms with van der Waals surface area (Å²) in [5, 5.41) is 16.9. The molecule has 2 unspecified atom stereocenters.